The molecule has 0 aliphatic carbocycles. The van der Waals surface area contributed by atoms with Crippen LogP contribution in [0.4, 0.5) is 8.78 Å². The van der Waals surface area contributed by atoms with Gasteiger partial charge in [-0.15, -0.1) is 0 Å². The Kier molecular flexibility index (Phi) is 9.99. The van der Waals surface area contributed by atoms with Crippen molar-refractivity contribution in [2.45, 2.75) is 56.5 Å². The highest BCUT2D eigenvalue weighted by atomic mass is 35.5. The second-order valence-electron chi connectivity index (χ2n) is 10.9. The van der Waals surface area contributed by atoms with Gasteiger partial charge in [-0.2, -0.15) is 0 Å². The lowest BCUT2D eigenvalue weighted by molar-refractivity contribution is -0.155. The number of carbonyl (C=O) groups is 2. The van der Waals surface area contributed by atoms with E-state index in [1.54, 1.807) is 44.2 Å². The summed E-state index contributed by atoms with van der Waals surface area (Å²) in [6, 6.07) is 13.2. The summed E-state index contributed by atoms with van der Waals surface area (Å²) in [5.74, 6) is -2.59. The number of aliphatic hydroxyl groups is 1. The Bertz CT molecular complexity index is 1530. The smallest absolute Gasteiger partial charge is 0.336 e. The Morgan fingerprint density at radius 1 is 1.05 bits per heavy atom. The third-order valence-electron chi connectivity index (χ3n) is 8.62. The number of carbonyl (C=O) groups excluding carboxylic acids is 1. The van der Waals surface area contributed by atoms with Gasteiger partial charge in [0.15, 0.2) is 0 Å². The van der Waals surface area contributed by atoms with Gasteiger partial charge in [-0.3, -0.25) is 4.79 Å². The molecule has 1 aliphatic rings. The average molecular weight is 632 g/mol. The fraction of sp³-hybridized carbons (Fsp3) is 0.394. The van der Waals surface area contributed by atoms with Gasteiger partial charge in [0, 0.05) is 55.9 Å². The monoisotopic (exact) mass is 631 g/mol. The molecule has 4 rings (SSSR count). The van der Waals surface area contributed by atoms with E-state index in [1.165, 1.54) is 32.4 Å². The molecule has 0 aromatic heterocycles. The first kappa shape index (κ1) is 33.3. The van der Waals surface area contributed by atoms with Gasteiger partial charge in [-0.05, 0) is 66.4 Å². The summed E-state index contributed by atoms with van der Waals surface area (Å²) in [6.07, 6.45) is -0.327. The van der Waals surface area contributed by atoms with Crippen molar-refractivity contribution in [3.05, 3.63) is 98.8 Å². The molecule has 1 fully saturated rings. The number of hydrogen-bond donors (Lipinski definition) is 3. The first-order valence-electron chi connectivity index (χ1n) is 14.2. The molecule has 1 saturated heterocycles. The molecule has 0 unspecified atom stereocenters. The SMILES string of the molecule is CC[C@@](O)(c1cc(F)c([C@](C)(OC)c2ccc(Cl)cc2)c(C(=O)NCc2ccc(OC)cc2C(=O)O)c1)C1(F)CCOCC1. The van der Waals surface area contributed by atoms with Crippen LogP contribution in [0.1, 0.15) is 76.1 Å². The number of carboxylic acid groups (broad SMARTS) is 1. The predicted molar refractivity (Wildman–Crippen MR) is 161 cm³/mol. The summed E-state index contributed by atoms with van der Waals surface area (Å²) >= 11 is 6.09. The normalized spacial score (nSPS) is 17.3. The zero-order valence-electron chi connectivity index (χ0n) is 25.0. The Morgan fingerprint density at radius 2 is 1.70 bits per heavy atom. The minimum absolute atomic E-state index is 0.0821. The molecule has 11 heteroatoms. The fourth-order valence-electron chi connectivity index (χ4n) is 5.84. The van der Waals surface area contributed by atoms with Crippen molar-refractivity contribution in [3.63, 3.8) is 0 Å². The Hall–Kier alpha value is -3.57. The van der Waals surface area contributed by atoms with Crippen molar-refractivity contribution in [1.29, 1.82) is 0 Å². The molecule has 0 radical (unpaired) electrons. The van der Waals surface area contributed by atoms with Crippen molar-refractivity contribution in [1.82, 2.24) is 5.32 Å². The summed E-state index contributed by atoms with van der Waals surface area (Å²) in [5.41, 5.74) is -5.63. The molecule has 1 aliphatic heterocycles. The van der Waals surface area contributed by atoms with Crippen LogP contribution in [0, 0.1) is 5.82 Å². The maximum atomic E-state index is 16.5. The Balaban J connectivity index is 1.87. The van der Waals surface area contributed by atoms with E-state index in [4.69, 9.17) is 25.8 Å². The number of alkyl halides is 1. The lowest BCUT2D eigenvalue weighted by atomic mass is 9.71. The van der Waals surface area contributed by atoms with Gasteiger partial charge in [-0.25, -0.2) is 13.6 Å². The highest BCUT2D eigenvalue weighted by Crippen LogP contribution is 2.47. The first-order valence-corrected chi connectivity index (χ1v) is 14.5. The molecule has 0 bridgehead atoms. The van der Waals surface area contributed by atoms with Crippen LogP contribution in [0.3, 0.4) is 0 Å². The highest BCUT2D eigenvalue weighted by Gasteiger charge is 2.53. The molecule has 3 aromatic rings. The van der Waals surface area contributed by atoms with Crippen LogP contribution in [0.25, 0.3) is 0 Å². The molecular weight excluding hydrogens is 596 g/mol. The molecule has 236 valence electrons. The van der Waals surface area contributed by atoms with E-state index in [-0.39, 0.29) is 66.8 Å². The highest BCUT2D eigenvalue weighted by molar-refractivity contribution is 6.30. The van der Waals surface area contributed by atoms with Crippen molar-refractivity contribution in [2.75, 3.05) is 27.4 Å². The van der Waals surface area contributed by atoms with Crippen LogP contribution >= 0.6 is 11.6 Å². The Labute approximate surface area is 259 Å². The number of aromatic carboxylic acids is 1. The number of rotatable bonds is 11. The summed E-state index contributed by atoms with van der Waals surface area (Å²) in [6.45, 7) is 3.10. The third-order valence-corrected chi connectivity index (χ3v) is 8.87. The van der Waals surface area contributed by atoms with Gasteiger partial charge in [0.1, 0.15) is 28.4 Å². The van der Waals surface area contributed by atoms with E-state index in [9.17, 15) is 19.8 Å². The molecule has 0 saturated carbocycles. The van der Waals surface area contributed by atoms with Gasteiger partial charge in [0.25, 0.3) is 5.91 Å². The summed E-state index contributed by atoms with van der Waals surface area (Å²) < 4.78 is 49.1. The van der Waals surface area contributed by atoms with Crippen molar-refractivity contribution < 1.29 is 42.8 Å². The molecular formula is C33H36ClF2NO7. The number of nitrogens with one attached hydrogen (secondary N) is 1. The van der Waals surface area contributed by atoms with E-state index in [2.05, 4.69) is 5.32 Å². The average Bonchev–Trinajstić information content (AvgIpc) is 3.02. The van der Waals surface area contributed by atoms with Crippen molar-refractivity contribution >= 4 is 23.5 Å². The molecule has 44 heavy (non-hydrogen) atoms. The fourth-order valence-corrected chi connectivity index (χ4v) is 5.96. The topological polar surface area (TPSA) is 114 Å². The lowest BCUT2D eigenvalue weighted by Gasteiger charge is -2.44. The van der Waals surface area contributed by atoms with E-state index >= 15 is 8.78 Å². The van der Waals surface area contributed by atoms with Gasteiger partial charge >= 0.3 is 5.97 Å². The number of halogens is 3. The van der Waals surface area contributed by atoms with Crippen molar-refractivity contribution in [2.24, 2.45) is 0 Å². The Morgan fingerprint density at radius 3 is 2.27 bits per heavy atom. The predicted octanol–water partition coefficient (Wildman–Crippen LogP) is 6.14. The second kappa shape index (κ2) is 13.2. The van der Waals surface area contributed by atoms with E-state index < -0.39 is 34.6 Å². The van der Waals surface area contributed by atoms with Crippen LogP contribution in [0.2, 0.25) is 5.02 Å². The lowest BCUT2D eigenvalue weighted by Crippen LogP contribution is -2.51. The first-order chi connectivity index (χ1) is 20.8. The van der Waals surface area contributed by atoms with E-state index in [0.29, 0.717) is 16.3 Å². The number of amides is 1. The summed E-state index contributed by atoms with van der Waals surface area (Å²) in [7, 11) is 2.76. The van der Waals surface area contributed by atoms with Crippen LogP contribution in [0.5, 0.6) is 5.75 Å². The van der Waals surface area contributed by atoms with Crippen LogP contribution < -0.4 is 10.1 Å². The van der Waals surface area contributed by atoms with E-state index in [0.717, 1.165) is 6.07 Å². The summed E-state index contributed by atoms with van der Waals surface area (Å²) in [4.78, 5) is 25.9. The number of carboxylic acids is 1. The largest absolute Gasteiger partial charge is 0.497 e. The molecule has 0 spiro atoms. The zero-order valence-corrected chi connectivity index (χ0v) is 25.8. The number of ether oxygens (including phenoxy) is 3. The van der Waals surface area contributed by atoms with Crippen LogP contribution in [0.15, 0.2) is 54.6 Å². The molecule has 3 aromatic carbocycles. The second-order valence-corrected chi connectivity index (χ2v) is 11.4. The number of methoxy groups -OCH3 is 2. The maximum Gasteiger partial charge on any atom is 0.336 e. The number of hydrogen-bond acceptors (Lipinski definition) is 6. The van der Waals surface area contributed by atoms with Gasteiger partial charge in [0.2, 0.25) is 0 Å². The van der Waals surface area contributed by atoms with Crippen LogP contribution in [-0.4, -0.2) is 55.2 Å². The quantitative estimate of drug-likeness (QED) is 0.233. The molecule has 3 N–H and O–H groups in total. The molecule has 1 amide bonds. The van der Waals surface area contributed by atoms with Crippen LogP contribution in [-0.2, 0) is 27.2 Å². The minimum atomic E-state index is -2.14. The summed E-state index contributed by atoms with van der Waals surface area (Å²) in [5, 5.41) is 24.6. The number of benzene rings is 3. The molecule has 1 heterocycles. The standard InChI is InChI=1S/C33H36ClF2NO7/c1-5-33(41,32(36)12-14-44-15-13-32)22-16-26(29(38)37-19-20-6-11-24(42-3)18-25(20)30(39)40)28(27(35)17-22)31(2,43-4)21-7-9-23(34)10-8-21/h6-11,16-18,41H,5,12-15,19H2,1-4H3,(H,37,38)(H,39,40)/t31-,33-/m1/s1. The van der Waals surface area contributed by atoms with Gasteiger partial charge in [0.05, 0.1) is 12.7 Å². The maximum absolute atomic E-state index is 16.5. The molecule has 8 nitrogen and oxygen atoms in total. The van der Waals surface area contributed by atoms with Gasteiger partial charge in [-0.1, -0.05) is 36.7 Å². The van der Waals surface area contributed by atoms with E-state index in [1.807, 2.05) is 0 Å². The minimum Gasteiger partial charge on any atom is -0.497 e. The van der Waals surface area contributed by atoms with Gasteiger partial charge < -0.3 is 29.7 Å². The zero-order chi connectivity index (χ0) is 32.3. The van der Waals surface area contributed by atoms with Crippen molar-refractivity contribution in [3.8, 4) is 5.75 Å². The third kappa shape index (κ3) is 6.17. The molecule has 2 atom stereocenters.